The molecule has 1 unspecified atom stereocenters. The van der Waals surface area contributed by atoms with Crippen molar-refractivity contribution in [2.75, 3.05) is 6.54 Å². The number of nitrogens with one attached hydrogen (secondary N) is 1. The molecule has 2 aromatic rings. The minimum absolute atomic E-state index is 0.130. The molecule has 0 aliphatic heterocycles. The third-order valence-electron chi connectivity index (χ3n) is 3.21. The summed E-state index contributed by atoms with van der Waals surface area (Å²) >= 11 is 4.99. The highest BCUT2D eigenvalue weighted by Crippen LogP contribution is 2.38. The Kier molecular flexibility index (Phi) is 6.27. The van der Waals surface area contributed by atoms with Crippen molar-refractivity contribution in [2.24, 2.45) is 0 Å². The highest BCUT2D eigenvalue weighted by molar-refractivity contribution is 9.10. The highest BCUT2D eigenvalue weighted by atomic mass is 79.9. The van der Waals surface area contributed by atoms with E-state index in [-0.39, 0.29) is 11.9 Å². The van der Waals surface area contributed by atoms with Gasteiger partial charge in [0.25, 0.3) is 0 Å². The number of benzene rings is 2. The molecule has 0 radical (unpaired) electrons. The molecule has 0 aliphatic rings. The molecule has 0 saturated heterocycles. The van der Waals surface area contributed by atoms with Crippen molar-refractivity contribution in [2.45, 2.75) is 36.1 Å². The summed E-state index contributed by atoms with van der Waals surface area (Å²) in [7, 11) is 0. The molecule has 21 heavy (non-hydrogen) atoms. The fourth-order valence-electron chi connectivity index (χ4n) is 2.08. The zero-order valence-electron chi connectivity index (χ0n) is 12.2. The lowest BCUT2D eigenvalue weighted by molar-refractivity contribution is 0.543. The molecule has 112 valence electrons. The predicted molar refractivity (Wildman–Crippen MR) is 91.4 cm³/mol. The van der Waals surface area contributed by atoms with Crippen LogP contribution in [0, 0.1) is 5.82 Å². The molecular weight excluding hydrogens is 349 g/mol. The van der Waals surface area contributed by atoms with Crippen molar-refractivity contribution >= 4 is 27.7 Å². The summed E-state index contributed by atoms with van der Waals surface area (Å²) in [6, 6.07) is 13.3. The summed E-state index contributed by atoms with van der Waals surface area (Å²) in [5, 5.41) is 3.42. The first kappa shape index (κ1) is 16.5. The maximum atomic E-state index is 14.3. The van der Waals surface area contributed by atoms with E-state index in [4.69, 9.17) is 0 Å². The average Bonchev–Trinajstić information content (AvgIpc) is 2.49. The van der Waals surface area contributed by atoms with Gasteiger partial charge in [0, 0.05) is 15.4 Å². The number of rotatable bonds is 6. The molecule has 0 aliphatic carbocycles. The Labute approximate surface area is 138 Å². The van der Waals surface area contributed by atoms with Crippen LogP contribution in [0.5, 0.6) is 0 Å². The fraction of sp³-hybridized carbons (Fsp3) is 0.294. The van der Waals surface area contributed by atoms with E-state index in [0.29, 0.717) is 4.90 Å². The zero-order valence-corrected chi connectivity index (χ0v) is 14.6. The Morgan fingerprint density at radius 1 is 1.19 bits per heavy atom. The maximum absolute atomic E-state index is 14.3. The van der Waals surface area contributed by atoms with Crippen LogP contribution in [-0.2, 0) is 0 Å². The van der Waals surface area contributed by atoms with Crippen LogP contribution in [0.1, 0.15) is 31.9 Å². The second-order valence-electron chi connectivity index (χ2n) is 4.87. The third kappa shape index (κ3) is 4.31. The normalized spacial score (nSPS) is 12.4. The molecule has 0 heterocycles. The van der Waals surface area contributed by atoms with Gasteiger partial charge in [0.15, 0.2) is 0 Å². The quantitative estimate of drug-likeness (QED) is 0.692. The van der Waals surface area contributed by atoms with E-state index in [9.17, 15) is 4.39 Å². The van der Waals surface area contributed by atoms with Crippen LogP contribution < -0.4 is 5.32 Å². The lowest BCUT2D eigenvalue weighted by Crippen LogP contribution is -2.20. The number of halogens is 2. The summed E-state index contributed by atoms with van der Waals surface area (Å²) in [5.41, 5.74) is 1.00. The van der Waals surface area contributed by atoms with Crippen LogP contribution in [-0.4, -0.2) is 6.54 Å². The lowest BCUT2D eigenvalue weighted by atomic mass is 10.1. The van der Waals surface area contributed by atoms with Crippen LogP contribution >= 0.6 is 27.7 Å². The first-order valence-corrected chi connectivity index (χ1v) is 8.68. The predicted octanol–water partition coefficient (Wildman–Crippen LogP) is 5.80. The van der Waals surface area contributed by atoms with E-state index in [1.54, 1.807) is 6.07 Å². The van der Waals surface area contributed by atoms with Crippen molar-refractivity contribution in [3.63, 3.8) is 0 Å². The Balaban J connectivity index is 2.32. The molecule has 0 bridgehead atoms. The minimum Gasteiger partial charge on any atom is -0.310 e. The first-order valence-electron chi connectivity index (χ1n) is 7.07. The average molecular weight is 368 g/mol. The molecule has 0 amide bonds. The van der Waals surface area contributed by atoms with E-state index in [0.717, 1.165) is 27.9 Å². The summed E-state index contributed by atoms with van der Waals surface area (Å²) in [6.45, 7) is 5.13. The van der Waals surface area contributed by atoms with Crippen molar-refractivity contribution < 1.29 is 4.39 Å². The number of hydrogen-bond acceptors (Lipinski definition) is 2. The van der Waals surface area contributed by atoms with Crippen molar-refractivity contribution in [1.82, 2.24) is 5.32 Å². The SMILES string of the molecule is CCCNC(C)c1cccc(F)c1Sc1ccccc1Br. The fourth-order valence-corrected chi connectivity index (χ4v) is 3.67. The van der Waals surface area contributed by atoms with Crippen LogP contribution in [0.2, 0.25) is 0 Å². The van der Waals surface area contributed by atoms with Gasteiger partial charge in [-0.15, -0.1) is 0 Å². The van der Waals surface area contributed by atoms with Gasteiger partial charge < -0.3 is 5.32 Å². The standard InChI is InChI=1S/C17H19BrFNS/c1-3-11-20-12(2)13-7-6-9-15(19)17(13)21-16-10-5-4-8-14(16)18/h4-10,12,20H,3,11H2,1-2H3. The molecule has 1 atom stereocenters. The molecule has 1 N–H and O–H groups in total. The zero-order chi connectivity index (χ0) is 15.2. The molecular formula is C17H19BrFNS. The Morgan fingerprint density at radius 3 is 2.67 bits per heavy atom. The Morgan fingerprint density at radius 2 is 1.95 bits per heavy atom. The maximum Gasteiger partial charge on any atom is 0.137 e. The molecule has 0 saturated carbocycles. The van der Waals surface area contributed by atoms with Crippen LogP contribution in [0.25, 0.3) is 0 Å². The molecule has 2 aromatic carbocycles. The van der Waals surface area contributed by atoms with Gasteiger partial charge >= 0.3 is 0 Å². The summed E-state index contributed by atoms with van der Waals surface area (Å²) in [6.07, 6.45) is 1.06. The van der Waals surface area contributed by atoms with E-state index in [2.05, 4.69) is 35.1 Å². The van der Waals surface area contributed by atoms with Crippen LogP contribution in [0.15, 0.2) is 56.7 Å². The highest BCUT2D eigenvalue weighted by Gasteiger charge is 2.15. The van der Waals surface area contributed by atoms with E-state index in [1.807, 2.05) is 30.3 Å². The molecule has 0 fully saturated rings. The van der Waals surface area contributed by atoms with Crippen molar-refractivity contribution in [3.05, 3.63) is 58.3 Å². The van der Waals surface area contributed by atoms with E-state index in [1.165, 1.54) is 17.8 Å². The van der Waals surface area contributed by atoms with E-state index >= 15 is 0 Å². The minimum atomic E-state index is -0.168. The number of hydrogen-bond donors (Lipinski definition) is 1. The van der Waals surface area contributed by atoms with E-state index < -0.39 is 0 Å². The smallest absolute Gasteiger partial charge is 0.137 e. The topological polar surface area (TPSA) is 12.0 Å². The van der Waals surface area contributed by atoms with Crippen LogP contribution in [0.4, 0.5) is 4.39 Å². The molecule has 4 heteroatoms. The monoisotopic (exact) mass is 367 g/mol. The second kappa shape index (κ2) is 7.97. The van der Waals surface area contributed by atoms with Gasteiger partial charge in [0.2, 0.25) is 0 Å². The van der Waals surface area contributed by atoms with Gasteiger partial charge in [0.05, 0.1) is 4.90 Å². The Bertz CT molecular complexity index is 603. The lowest BCUT2D eigenvalue weighted by Gasteiger charge is -2.18. The summed E-state index contributed by atoms with van der Waals surface area (Å²) in [4.78, 5) is 1.71. The molecule has 0 aromatic heterocycles. The molecule has 1 nitrogen and oxygen atoms in total. The van der Waals surface area contributed by atoms with Crippen molar-refractivity contribution in [3.8, 4) is 0 Å². The molecule has 2 rings (SSSR count). The summed E-state index contributed by atoms with van der Waals surface area (Å²) < 4.78 is 15.3. The van der Waals surface area contributed by atoms with Gasteiger partial charge in [-0.25, -0.2) is 4.39 Å². The van der Waals surface area contributed by atoms with Gasteiger partial charge in [-0.1, -0.05) is 43.0 Å². The van der Waals surface area contributed by atoms with Gasteiger partial charge in [0.1, 0.15) is 5.82 Å². The summed E-state index contributed by atoms with van der Waals surface area (Å²) in [5.74, 6) is -0.168. The van der Waals surface area contributed by atoms with Crippen molar-refractivity contribution in [1.29, 1.82) is 0 Å². The Hall–Kier alpha value is -0.840. The third-order valence-corrected chi connectivity index (χ3v) is 5.38. The molecule has 0 spiro atoms. The van der Waals surface area contributed by atoms with Gasteiger partial charge in [-0.3, -0.25) is 0 Å². The largest absolute Gasteiger partial charge is 0.310 e. The van der Waals surface area contributed by atoms with Gasteiger partial charge in [-0.05, 0) is 59.6 Å². The van der Waals surface area contributed by atoms with Crippen LogP contribution in [0.3, 0.4) is 0 Å². The second-order valence-corrected chi connectivity index (χ2v) is 6.77. The van der Waals surface area contributed by atoms with Gasteiger partial charge in [-0.2, -0.15) is 0 Å². The first-order chi connectivity index (χ1) is 10.1.